The molecule has 0 saturated heterocycles. The number of aromatic carboxylic acids is 1. The molecule has 0 saturated carbocycles. The predicted molar refractivity (Wildman–Crippen MR) is 74.8 cm³/mol. The van der Waals surface area contributed by atoms with Crippen molar-refractivity contribution in [2.45, 2.75) is 25.7 Å². The van der Waals surface area contributed by atoms with Crippen LogP contribution in [0.15, 0.2) is 22.7 Å². The molecule has 1 N–H and O–H groups in total. The minimum atomic E-state index is -1.01. The van der Waals surface area contributed by atoms with Crippen molar-refractivity contribution >= 4 is 21.9 Å². The van der Waals surface area contributed by atoms with Gasteiger partial charge in [-0.15, -0.1) is 0 Å². The quantitative estimate of drug-likeness (QED) is 0.913. The molecule has 0 amide bonds. The van der Waals surface area contributed by atoms with Gasteiger partial charge in [-0.3, -0.25) is 0 Å². The van der Waals surface area contributed by atoms with Crippen LogP contribution in [0.3, 0.4) is 0 Å². The van der Waals surface area contributed by atoms with E-state index >= 15 is 0 Å². The largest absolute Gasteiger partial charge is 0.476 e. The van der Waals surface area contributed by atoms with Crippen molar-refractivity contribution in [3.8, 4) is 5.69 Å². The summed E-state index contributed by atoms with van der Waals surface area (Å²) in [5, 5.41) is 13.5. The summed E-state index contributed by atoms with van der Waals surface area (Å²) < 4.78 is 15.4. The van der Waals surface area contributed by atoms with Gasteiger partial charge in [-0.25, -0.2) is 13.9 Å². The zero-order valence-corrected chi connectivity index (χ0v) is 12.2. The number of nitrogens with zero attached hydrogens (tertiary/aromatic N) is 2. The highest BCUT2D eigenvalue weighted by molar-refractivity contribution is 9.10. The molecule has 0 radical (unpaired) electrons. The van der Waals surface area contributed by atoms with Crippen LogP contribution in [-0.2, 0) is 12.8 Å². The second-order valence-electron chi connectivity index (χ2n) is 4.79. The first kappa shape index (κ1) is 13.3. The molecule has 1 heterocycles. The molecule has 2 aromatic rings. The molecule has 20 heavy (non-hydrogen) atoms. The lowest BCUT2D eigenvalue weighted by Gasteiger charge is -2.14. The lowest BCUT2D eigenvalue weighted by Crippen LogP contribution is -2.08. The average molecular weight is 339 g/mol. The maximum Gasteiger partial charge on any atom is 0.356 e. The molecule has 6 heteroatoms. The van der Waals surface area contributed by atoms with Crippen LogP contribution >= 0.6 is 15.9 Å². The summed E-state index contributed by atoms with van der Waals surface area (Å²) in [4.78, 5) is 11.3. The van der Waals surface area contributed by atoms with E-state index in [1.807, 2.05) is 0 Å². The molecule has 1 aromatic heterocycles. The Kier molecular flexibility index (Phi) is 3.33. The van der Waals surface area contributed by atoms with Crippen LogP contribution in [0.2, 0.25) is 0 Å². The number of halogens is 2. The minimum absolute atomic E-state index is 0.107. The third-order valence-corrected chi connectivity index (χ3v) is 4.16. The van der Waals surface area contributed by atoms with E-state index in [-0.39, 0.29) is 11.5 Å². The number of hydrogen-bond acceptors (Lipinski definition) is 2. The summed E-state index contributed by atoms with van der Waals surface area (Å²) in [6.07, 6.45) is 3.51. The highest BCUT2D eigenvalue weighted by Gasteiger charge is 2.25. The Morgan fingerprint density at radius 3 is 2.80 bits per heavy atom. The Balaban J connectivity index is 2.21. The second-order valence-corrected chi connectivity index (χ2v) is 5.65. The molecule has 3 rings (SSSR count). The normalized spacial score (nSPS) is 14.1. The molecule has 0 atom stereocenters. The van der Waals surface area contributed by atoms with Crippen LogP contribution in [0, 0.1) is 5.82 Å². The second kappa shape index (κ2) is 5.01. The minimum Gasteiger partial charge on any atom is -0.476 e. The molecule has 4 nitrogen and oxygen atoms in total. The standard InChI is InChI=1S/C14H12BrFN2O2/c15-10-7-8(16)5-6-12(10)18-11-4-2-1-3-9(11)13(17-18)14(19)20/h5-7H,1-4H2,(H,19,20). The highest BCUT2D eigenvalue weighted by atomic mass is 79.9. The first-order valence-electron chi connectivity index (χ1n) is 6.37. The first-order valence-corrected chi connectivity index (χ1v) is 7.16. The number of rotatable bonds is 2. The van der Waals surface area contributed by atoms with Gasteiger partial charge in [0.05, 0.1) is 5.69 Å². The van der Waals surface area contributed by atoms with E-state index in [0.717, 1.165) is 36.9 Å². The predicted octanol–water partition coefficient (Wildman–Crippen LogP) is 3.35. The van der Waals surface area contributed by atoms with Crippen LogP contribution in [0.4, 0.5) is 4.39 Å². The van der Waals surface area contributed by atoms with Gasteiger partial charge in [-0.05, 0) is 59.8 Å². The maximum atomic E-state index is 13.2. The number of carboxylic acids is 1. The van der Waals surface area contributed by atoms with Gasteiger partial charge in [0, 0.05) is 15.7 Å². The van der Waals surface area contributed by atoms with Crippen molar-refractivity contribution in [3.63, 3.8) is 0 Å². The molecule has 0 spiro atoms. The van der Waals surface area contributed by atoms with Crippen LogP contribution in [0.5, 0.6) is 0 Å². The first-order chi connectivity index (χ1) is 9.58. The molecular weight excluding hydrogens is 327 g/mol. The Bertz CT molecular complexity index is 697. The van der Waals surface area contributed by atoms with Gasteiger partial charge in [-0.2, -0.15) is 5.10 Å². The Morgan fingerprint density at radius 1 is 1.35 bits per heavy atom. The molecule has 1 aromatic carbocycles. The van der Waals surface area contributed by atoms with Gasteiger partial charge < -0.3 is 5.11 Å². The maximum absolute atomic E-state index is 13.2. The summed E-state index contributed by atoms with van der Waals surface area (Å²) in [6.45, 7) is 0. The molecule has 0 unspecified atom stereocenters. The van der Waals surface area contributed by atoms with Gasteiger partial charge in [0.25, 0.3) is 0 Å². The van der Waals surface area contributed by atoms with Crippen molar-refractivity contribution in [2.24, 2.45) is 0 Å². The van der Waals surface area contributed by atoms with Crippen molar-refractivity contribution in [1.82, 2.24) is 9.78 Å². The van der Waals surface area contributed by atoms with Gasteiger partial charge in [0.2, 0.25) is 0 Å². The zero-order chi connectivity index (χ0) is 14.3. The summed E-state index contributed by atoms with van der Waals surface area (Å²) in [6, 6.07) is 4.30. The Labute approximate surface area is 123 Å². The smallest absolute Gasteiger partial charge is 0.356 e. The van der Waals surface area contributed by atoms with Gasteiger partial charge in [0.15, 0.2) is 5.69 Å². The lowest BCUT2D eigenvalue weighted by molar-refractivity contribution is 0.0688. The molecule has 1 aliphatic rings. The van der Waals surface area contributed by atoms with E-state index in [9.17, 15) is 14.3 Å². The highest BCUT2D eigenvalue weighted by Crippen LogP contribution is 2.30. The monoisotopic (exact) mass is 338 g/mol. The topological polar surface area (TPSA) is 55.1 Å². The fourth-order valence-corrected chi connectivity index (χ4v) is 3.14. The number of aromatic nitrogens is 2. The van der Waals surface area contributed by atoms with E-state index in [0.29, 0.717) is 10.2 Å². The van der Waals surface area contributed by atoms with Crippen molar-refractivity contribution < 1.29 is 14.3 Å². The molecule has 1 aliphatic carbocycles. The molecule has 0 bridgehead atoms. The fourth-order valence-electron chi connectivity index (χ4n) is 2.62. The van der Waals surface area contributed by atoms with Crippen LogP contribution in [0.25, 0.3) is 5.69 Å². The Hall–Kier alpha value is -1.69. The van der Waals surface area contributed by atoms with Crippen LogP contribution < -0.4 is 0 Å². The number of hydrogen-bond donors (Lipinski definition) is 1. The van der Waals surface area contributed by atoms with Crippen molar-refractivity contribution in [2.75, 3.05) is 0 Å². The summed E-state index contributed by atoms with van der Waals surface area (Å²) in [7, 11) is 0. The average Bonchev–Trinajstić information content (AvgIpc) is 2.78. The molecule has 0 aliphatic heterocycles. The number of fused-ring (bicyclic) bond motifs is 1. The molecule has 104 valence electrons. The molecule has 0 fully saturated rings. The molecular formula is C14H12BrFN2O2. The number of benzene rings is 1. The summed E-state index contributed by atoms with van der Waals surface area (Å²) in [5.74, 6) is -1.36. The van der Waals surface area contributed by atoms with Crippen LogP contribution in [-0.4, -0.2) is 20.9 Å². The summed E-state index contributed by atoms with van der Waals surface area (Å²) in [5.41, 5.74) is 2.49. The number of carboxylic acid groups (broad SMARTS) is 1. The Morgan fingerprint density at radius 2 is 2.10 bits per heavy atom. The zero-order valence-electron chi connectivity index (χ0n) is 10.6. The van der Waals surface area contributed by atoms with Gasteiger partial charge in [-0.1, -0.05) is 0 Å². The third-order valence-electron chi connectivity index (χ3n) is 3.52. The number of carbonyl (C=O) groups is 1. The SMILES string of the molecule is O=C(O)c1nn(-c2ccc(F)cc2Br)c2c1CCCC2. The van der Waals surface area contributed by atoms with Gasteiger partial charge >= 0.3 is 5.97 Å². The van der Waals surface area contributed by atoms with E-state index in [2.05, 4.69) is 21.0 Å². The van der Waals surface area contributed by atoms with E-state index < -0.39 is 5.97 Å². The van der Waals surface area contributed by atoms with Crippen molar-refractivity contribution in [3.05, 3.63) is 45.4 Å². The van der Waals surface area contributed by atoms with Gasteiger partial charge in [0.1, 0.15) is 5.82 Å². The van der Waals surface area contributed by atoms with E-state index in [1.165, 1.54) is 12.1 Å². The fraction of sp³-hybridized carbons (Fsp3) is 0.286. The third kappa shape index (κ3) is 2.14. The van der Waals surface area contributed by atoms with E-state index in [4.69, 9.17) is 0 Å². The van der Waals surface area contributed by atoms with E-state index in [1.54, 1.807) is 10.7 Å². The lowest BCUT2D eigenvalue weighted by atomic mass is 9.95. The van der Waals surface area contributed by atoms with Crippen molar-refractivity contribution in [1.29, 1.82) is 0 Å². The summed E-state index contributed by atoms with van der Waals surface area (Å²) >= 11 is 3.31. The van der Waals surface area contributed by atoms with Crippen LogP contribution in [0.1, 0.15) is 34.6 Å².